The Labute approximate surface area is 158 Å². The van der Waals surface area contributed by atoms with Crippen molar-refractivity contribution in [3.8, 4) is 22.8 Å². The van der Waals surface area contributed by atoms with Gasteiger partial charge in [0.05, 0.1) is 5.56 Å². The molecular weight excluding hydrogens is 364 g/mol. The van der Waals surface area contributed by atoms with E-state index in [-0.39, 0.29) is 17.3 Å². The van der Waals surface area contributed by atoms with Crippen molar-refractivity contribution in [2.24, 2.45) is 0 Å². The summed E-state index contributed by atoms with van der Waals surface area (Å²) < 4.78 is 31.9. The van der Waals surface area contributed by atoms with E-state index in [0.717, 1.165) is 0 Å². The van der Waals surface area contributed by atoms with Gasteiger partial charge in [0.15, 0.2) is 0 Å². The number of anilines is 1. The Morgan fingerprint density at radius 3 is 2.25 bits per heavy atom. The number of carbonyl (C=O) groups is 1. The molecule has 1 heterocycles. The van der Waals surface area contributed by atoms with Gasteiger partial charge < -0.3 is 9.84 Å². The lowest BCUT2D eigenvalue weighted by atomic mass is 10.1. The maximum atomic E-state index is 13.7. The molecular formula is C21H13F2N3O2. The summed E-state index contributed by atoms with van der Waals surface area (Å²) in [5.74, 6) is -0.850. The summed E-state index contributed by atoms with van der Waals surface area (Å²) in [7, 11) is 0. The van der Waals surface area contributed by atoms with Crippen LogP contribution in [0.4, 0.5) is 14.5 Å². The van der Waals surface area contributed by atoms with Crippen LogP contribution in [0.25, 0.3) is 22.8 Å². The Morgan fingerprint density at radius 2 is 1.54 bits per heavy atom. The number of rotatable bonds is 4. The molecule has 0 fully saturated rings. The summed E-state index contributed by atoms with van der Waals surface area (Å²) in [6.45, 7) is 0. The Morgan fingerprint density at radius 1 is 0.857 bits per heavy atom. The number of halogens is 2. The topological polar surface area (TPSA) is 68.0 Å². The maximum Gasteiger partial charge on any atom is 0.258 e. The van der Waals surface area contributed by atoms with E-state index < -0.39 is 11.7 Å². The molecule has 0 atom stereocenters. The monoisotopic (exact) mass is 377 g/mol. The molecule has 4 aromatic rings. The number of carbonyl (C=O) groups excluding carboxylic acids is 1. The van der Waals surface area contributed by atoms with Crippen LogP contribution >= 0.6 is 0 Å². The third-order valence-corrected chi connectivity index (χ3v) is 4.04. The van der Waals surface area contributed by atoms with Gasteiger partial charge in [-0.2, -0.15) is 4.98 Å². The van der Waals surface area contributed by atoms with Gasteiger partial charge in [-0.1, -0.05) is 17.3 Å². The number of benzene rings is 3. The molecule has 4 rings (SSSR count). The highest BCUT2D eigenvalue weighted by molar-refractivity contribution is 6.04. The smallest absolute Gasteiger partial charge is 0.258 e. The molecule has 3 aromatic carbocycles. The van der Waals surface area contributed by atoms with Crippen LogP contribution in [0.2, 0.25) is 0 Å². The molecule has 1 N–H and O–H groups in total. The number of nitrogens with one attached hydrogen (secondary N) is 1. The lowest BCUT2D eigenvalue weighted by molar-refractivity contribution is 0.102. The summed E-state index contributed by atoms with van der Waals surface area (Å²) in [6.07, 6.45) is 0. The van der Waals surface area contributed by atoms with Crippen LogP contribution in [0, 0.1) is 11.6 Å². The minimum Gasteiger partial charge on any atom is -0.334 e. The first-order valence-corrected chi connectivity index (χ1v) is 8.36. The molecule has 138 valence electrons. The molecule has 0 radical (unpaired) electrons. The van der Waals surface area contributed by atoms with E-state index in [1.54, 1.807) is 42.5 Å². The first-order chi connectivity index (χ1) is 13.6. The van der Waals surface area contributed by atoms with Gasteiger partial charge in [-0.15, -0.1) is 0 Å². The Balaban J connectivity index is 1.50. The molecule has 7 heteroatoms. The van der Waals surface area contributed by atoms with Crippen LogP contribution in [-0.2, 0) is 0 Å². The Kier molecular flexibility index (Phi) is 4.63. The van der Waals surface area contributed by atoms with Crippen molar-refractivity contribution in [1.82, 2.24) is 10.1 Å². The van der Waals surface area contributed by atoms with Gasteiger partial charge in [0.25, 0.3) is 11.8 Å². The molecule has 0 spiro atoms. The number of aromatic nitrogens is 2. The molecule has 0 saturated heterocycles. The molecule has 0 aliphatic carbocycles. The summed E-state index contributed by atoms with van der Waals surface area (Å²) in [4.78, 5) is 16.4. The third-order valence-electron chi connectivity index (χ3n) is 4.04. The Hall–Kier alpha value is -3.87. The predicted molar refractivity (Wildman–Crippen MR) is 99.5 cm³/mol. The largest absolute Gasteiger partial charge is 0.334 e. The standard InChI is InChI=1S/C21H13F2N3O2/c22-15-9-5-13(6-10-15)19-25-21(28-26-19)14-7-11-16(12-8-14)24-20(27)17-3-1-2-4-18(17)23/h1-12H,(H,24,27). The fraction of sp³-hybridized carbons (Fsp3) is 0. The van der Waals surface area contributed by atoms with Crippen LogP contribution in [0.1, 0.15) is 10.4 Å². The van der Waals surface area contributed by atoms with E-state index in [0.29, 0.717) is 22.6 Å². The van der Waals surface area contributed by atoms with E-state index >= 15 is 0 Å². The van der Waals surface area contributed by atoms with E-state index in [4.69, 9.17) is 4.52 Å². The van der Waals surface area contributed by atoms with Gasteiger partial charge in [-0.3, -0.25) is 4.79 Å². The first kappa shape index (κ1) is 17.5. The van der Waals surface area contributed by atoms with Crippen molar-refractivity contribution < 1.29 is 18.1 Å². The Bertz CT molecular complexity index is 1120. The van der Waals surface area contributed by atoms with E-state index in [1.807, 2.05) is 0 Å². The molecule has 1 amide bonds. The molecule has 28 heavy (non-hydrogen) atoms. The molecule has 1 aromatic heterocycles. The number of nitrogens with zero attached hydrogens (tertiary/aromatic N) is 2. The predicted octanol–water partition coefficient (Wildman–Crippen LogP) is 4.93. The summed E-state index contributed by atoms with van der Waals surface area (Å²) in [5.41, 5.74) is 1.73. The van der Waals surface area contributed by atoms with Crippen LogP contribution in [-0.4, -0.2) is 16.0 Å². The fourth-order valence-electron chi connectivity index (χ4n) is 2.60. The summed E-state index contributed by atoms with van der Waals surface area (Å²) in [5, 5.41) is 6.53. The minimum absolute atomic E-state index is 0.0348. The lowest BCUT2D eigenvalue weighted by Gasteiger charge is -2.06. The van der Waals surface area contributed by atoms with Gasteiger partial charge >= 0.3 is 0 Å². The molecule has 0 aliphatic heterocycles. The quantitative estimate of drug-likeness (QED) is 0.547. The zero-order valence-electron chi connectivity index (χ0n) is 14.4. The molecule has 5 nitrogen and oxygen atoms in total. The fourth-order valence-corrected chi connectivity index (χ4v) is 2.60. The van der Waals surface area contributed by atoms with Crippen molar-refractivity contribution >= 4 is 11.6 Å². The van der Waals surface area contributed by atoms with E-state index in [1.165, 1.54) is 30.3 Å². The van der Waals surface area contributed by atoms with Crippen molar-refractivity contribution in [3.05, 3.63) is 90.0 Å². The number of amides is 1. The average Bonchev–Trinajstić information content (AvgIpc) is 3.19. The minimum atomic E-state index is -0.587. The highest BCUT2D eigenvalue weighted by Gasteiger charge is 2.13. The maximum absolute atomic E-state index is 13.7. The van der Waals surface area contributed by atoms with Crippen molar-refractivity contribution in [1.29, 1.82) is 0 Å². The molecule has 0 aliphatic rings. The van der Waals surface area contributed by atoms with Gasteiger partial charge in [0.1, 0.15) is 11.6 Å². The van der Waals surface area contributed by atoms with E-state index in [9.17, 15) is 13.6 Å². The highest BCUT2D eigenvalue weighted by atomic mass is 19.1. The van der Waals surface area contributed by atoms with Gasteiger partial charge in [0, 0.05) is 16.8 Å². The van der Waals surface area contributed by atoms with Crippen molar-refractivity contribution in [3.63, 3.8) is 0 Å². The van der Waals surface area contributed by atoms with Crippen LogP contribution < -0.4 is 5.32 Å². The van der Waals surface area contributed by atoms with Crippen molar-refractivity contribution in [2.75, 3.05) is 5.32 Å². The first-order valence-electron chi connectivity index (χ1n) is 8.36. The second-order valence-corrected chi connectivity index (χ2v) is 5.94. The molecule has 0 bridgehead atoms. The average molecular weight is 377 g/mol. The van der Waals surface area contributed by atoms with Gasteiger partial charge in [0.2, 0.25) is 5.82 Å². The second-order valence-electron chi connectivity index (χ2n) is 5.94. The second kappa shape index (κ2) is 7.40. The van der Waals surface area contributed by atoms with Gasteiger partial charge in [-0.25, -0.2) is 8.78 Å². The van der Waals surface area contributed by atoms with Gasteiger partial charge in [-0.05, 0) is 60.7 Å². The molecule has 0 saturated carbocycles. The SMILES string of the molecule is O=C(Nc1ccc(-c2nc(-c3ccc(F)cc3)no2)cc1)c1ccccc1F. The zero-order chi connectivity index (χ0) is 19.5. The van der Waals surface area contributed by atoms with Crippen LogP contribution in [0.3, 0.4) is 0 Å². The lowest BCUT2D eigenvalue weighted by Crippen LogP contribution is -2.13. The van der Waals surface area contributed by atoms with Crippen molar-refractivity contribution in [2.45, 2.75) is 0 Å². The third kappa shape index (κ3) is 3.64. The van der Waals surface area contributed by atoms with Crippen LogP contribution in [0.15, 0.2) is 77.3 Å². The van der Waals surface area contributed by atoms with Crippen LogP contribution in [0.5, 0.6) is 0 Å². The summed E-state index contributed by atoms with van der Waals surface area (Å²) >= 11 is 0. The zero-order valence-corrected chi connectivity index (χ0v) is 14.4. The highest BCUT2D eigenvalue weighted by Crippen LogP contribution is 2.24. The normalized spacial score (nSPS) is 10.6. The number of hydrogen-bond acceptors (Lipinski definition) is 4. The summed E-state index contributed by atoms with van der Waals surface area (Å²) in [6, 6.07) is 18.2. The number of hydrogen-bond donors (Lipinski definition) is 1. The van der Waals surface area contributed by atoms with E-state index in [2.05, 4.69) is 15.5 Å². The molecule has 0 unspecified atom stereocenters.